The molecular formula is C24H24N6O4. The number of rotatable bonds is 9. The molecule has 0 amide bonds. The van der Waals surface area contributed by atoms with E-state index in [1.165, 1.54) is 9.36 Å². The summed E-state index contributed by atoms with van der Waals surface area (Å²) < 4.78 is 13.2. The molecule has 2 aromatic heterocycles. The van der Waals surface area contributed by atoms with Crippen molar-refractivity contribution >= 4 is 11.9 Å². The van der Waals surface area contributed by atoms with Gasteiger partial charge in [-0.25, -0.2) is 9.36 Å². The largest absolute Gasteiger partial charge is 0.465 e. The molecule has 34 heavy (non-hydrogen) atoms. The van der Waals surface area contributed by atoms with Gasteiger partial charge in [0.2, 0.25) is 0 Å². The third kappa shape index (κ3) is 4.85. The number of carbonyl (C=O) groups is 2. The third-order valence-corrected chi connectivity index (χ3v) is 4.96. The molecule has 0 atom stereocenters. The van der Waals surface area contributed by atoms with Crippen molar-refractivity contribution in [2.24, 2.45) is 0 Å². The lowest BCUT2D eigenvalue weighted by Gasteiger charge is -2.12. The van der Waals surface area contributed by atoms with Crippen LogP contribution in [-0.4, -0.2) is 55.1 Å². The van der Waals surface area contributed by atoms with Gasteiger partial charge in [-0.3, -0.25) is 9.59 Å². The molecule has 4 rings (SSSR count). The minimum atomic E-state index is -0.459. The van der Waals surface area contributed by atoms with E-state index in [0.29, 0.717) is 22.8 Å². The van der Waals surface area contributed by atoms with Gasteiger partial charge >= 0.3 is 11.9 Å². The number of carbonyl (C=O) groups excluding carboxylic acids is 2. The topological polar surface area (TPSA) is 114 Å². The molecule has 174 valence electrons. The van der Waals surface area contributed by atoms with Crippen molar-refractivity contribution in [1.82, 2.24) is 30.0 Å². The Balaban J connectivity index is 1.94. The van der Waals surface area contributed by atoms with Crippen molar-refractivity contribution in [2.45, 2.75) is 26.9 Å². The van der Waals surface area contributed by atoms with Crippen molar-refractivity contribution in [3.8, 4) is 33.9 Å². The van der Waals surface area contributed by atoms with Gasteiger partial charge in [-0.2, -0.15) is 0 Å². The maximum Gasteiger partial charge on any atom is 0.327 e. The summed E-state index contributed by atoms with van der Waals surface area (Å²) in [5.41, 5.74) is 3.61. The Morgan fingerprint density at radius 2 is 1.06 bits per heavy atom. The molecule has 0 unspecified atom stereocenters. The lowest BCUT2D eigenvalue weighted by Crippen LogP contribution is -2.19. The monoisotopic (exact) mass is 460 g/mol. The SMILES string of the molecule is CCOC(=O)Cn1nnc(-c2ccccc2)c1-c1c(-c2ccccc2)nnn1CC(=O)OCC. The molecule has 10 nitrogen and oxygen atoms in total. The number of ether oxygens (including phenoxy) is 2. The first kappa shape index (κ1) is 22.8. The van der Waals surface area contributed by atoms with Crippen LogP contribution < -0.4 is 0 Å². The molecule has 4 aromatic rings. The van der Waals surface area contributed by atoms with Crippen LogP contribution in [0.15, 0.2) is 60.7 Å². The molecule has 10 heteroatoms. The van der Waals surface area contributed by atoms with Crippen LogP contribution in [0.2, 0.25) is 0 Å². The number of aromatic nitrogens is 6. The van der Waals surface area contributed by atoms with Gasteiger partial charge in [0.15, 0.2) is 0 Å². The van der Waals surface area contributed by atoms with Crippen LogP contribution >= 0.6 is 0 Å². The average molecular weight is 460 g/mol. The third-order valence-electron chi connectivity index (χ3n) is 4.96. The molecule has 0 N–H and O–H groups in total. The van der Waals surface area contributed by atoms with E-state index in [1.54, 1.807) is 13.8 Å². The van der Waals surface area contributed by atoms with Gasteiger partial charge in [-0.1, -0.05) is 71.1 Å². The molecule has 2 aromatic carbocycles. The standard InChI is InChI=1S/C24H24N6O4/c1-3-33-19(31)15-29-23(21(25-27-29)17-11-7-5-8-12-17)24-22(18-13-9-6-10-14-18)26-28-30(24)16-20(32)34-4-2/h5-14H,3-4,15-16H2,1-2H3. The summed E-state index contributed by atoms with van der Waals surface area (Å²) in [6.07, 6.45) is 0. The average Bonchev–Trinajstić information content (AvgIpc) is 3.44. The van der Waals surface area contributed by atoms with Crippen molar-refractivity contribution in [1.29, 1.82) is 0 Å². The van der Waals surface area contributed by atoms with Gasteiger partial charge in [-0.05, 0) is 13.8 Å². The van der Waals surface area contributed by atoms with Crippen molar-refractivity contribution in [2.75, 3.05) is 13.2 Å². The lowest BCUT2D eigenvalue weighted by molar-refractivity contribution is -0.145. The Bertz CT molecular complexity index is 1170. The van der Waals surface area contributed by atoms with E-state index in [4.69, 9.17) is 9.47 Å². The Labute approximate surface area is 196 Å². The Hall–Kier alpha value is -4.34. The fourth-order valence-corrected chi connectivity index (χ4v) is 3.55. The van der Waals surface area contributed by atoms with Crippen LogP contribution in [-0.2, 0) is 32.2 Å². The summed E-state index contributed by atoms with van der Waals surface area (Å²) in [5, 5.41) is 17.2. The predicted molar refractivity (Wildman–Crippen MR) is 123 cm³/mol. The normalized spacial score (nSPS) is 10.8. The fraction of sp³-hybridized carbons (Fsp3) is 0.250. The number of hydrogen-bond donors (Lipinski definition) is 0. The van der Waals surface area contributed by atoms with Crippen LogP contribution in [0.5, 0.6) is 0 Å². The zero-order chi connectivity index (χ0) is 23.9. The predicted octanol–water partition coefficient (Wildman–Crippen LogP) is 3.00. The van der Waals surface area contributed by atoms with Crippen molar-refractivity contribution in [3.05, 3.63) is 60.7 Å². The van der Waals surface area contributed by atoms with Crippen LogP contribution in [0.4, 0.5) is 0 Å². The summed E-state index contributed by atoms with van der Waals surface area (Å²) in [6.45, 7) is 3.63. The van der Waals surface area contributed by atoms with E-state index in [2.05, 4.69) is 20.6 Å². The van der Waals surface area contributed by atoms with Gasteiger partial charge in [0.1, 0.15) is 35.9 Å². The Morgan fingerprint density at radius 3 is 1.41 bits per heavy atom. The first-order valence-electron chi connectivity index (χ1n) is 10.9. The molecular weight excluding hydrogens is 436 g/mol. The smallest absolute Gasteiger partial charge is 0.327 e. The van der Waals surface area contributed by atoms with E-state index in [0.717, 1.165) is 11.1 Å². The molecule has 0 radical (unpaired) electrons. The van der Waals surface area contributed by atoms with Crippen LogP contribution in [0, 0.1) is 0 Å². The second-order valence-electron chi connectivity index (χ2n) is 7.23. The number of hydrogen-bond acceptors (Lipinski definition) is 8. The van der Waals surface area contributed by atoms with Crippen molar-refractivity contribution < 1.29 is 19.1 Å². The van der Waals surface area contributed by atoms with E-state index in [1.807, 2.05) is 60.7 Å². The van der Waals surface area contributed by atoms with E-state index in [9.17, 15) is 9.59 Å². The molecule has 0 saturated carbocycles. The van der Waals surface area contributed by atoms with Crippen LogP contribution in [0.1, 0.15) is 13.8 Å². The van der Waals surface area contributed by atoms with Crippen LogP contribution in [0.25, 0.3) is 33.9 Å². The van der Waals surface area contributed by atoms with Gasteiger partial charge in [0.25, 0.3) is 0 Å². The van der Waals surface area contributed by atoms with Crippen molar-refractivity contribution in [3.63, 3.8) is 0 Å². The molecule has 0 aliphatic rings. The van der Waals surface area contributed by atoms with Crippen LogP contribution in [0.3, 0.4) is 0 Å². The first-order valence-corrected chi connectivity index (χ1v) is 10.9. The molecule has 0 spiro atoms. The quantitative estimate of drug-likeness (QED) is 0.350. The lowest BCUT2D eigenvalue weighted by atomic mass is 10.0. The summed E-state index contributed by atoms with van der Waals surface area (Å²) in [7, 11) is 0. The molecule has 0 bridgehead atoms. The summed E-state index contributed by atoms with van der Waals surface area (Å²) >= 11 is 0. The van der Waals surface area contributed by atoms with E-state index >= 15 is 0 Å². The second kappa shape index (κ2) is 10.5. The highest BCUT2D eigenvalue weighted by molar-refractivity contribution is 5.86. The highest BCUT2D eigenvalue weighted by Crippen LogP contribution is 2.36. The zero-order valence-electron chi connectivity index (χ0n) is 18.9. The number of benzene rings is 2. The molecule has 0 aliphatic carbocycles. The van der Waals surface area contributed by atoms with E-state index < -0.39 is 11.9 Å². The minimum absolute atomic E-state index is 0.165. The van der Waals surface area contributed by atoms with Gasteiger partial charge in [0.05, 0.1) is 13.2 Å². The first-order chi connectivity index (χ1) is 16.6. The molecule has 0 saturated heterocycles. The summed E-state index contributed by atoms with van der Waals surface area (Å²) in [5.74, 6) is -0.919. The molecule has 0 aliphatic heterocycles. The zero-order valence-corrected chi connectivity index (χ0v) is 18.9. The van der Waals surface area contributed by atoms with Gasteiger partial charge in [-0.15, -0.1) is 10.2 Å². The minimum Gasteiger partial charge on any atom is -0.465 e. The highest BCUT2D eigenvalue weighted by atomic mass is 16.5. The maximum absolute atomic E-state index is 12.4. The highest BCUT2D eigenvalue weighted by Gasteiger charge is 2.27. The Morgan fingerprint density at radius 1 is 0.676 bits per heavy atom. The van der Waals surface area contributed by atoms with E-state index in [-0.39, 0.29) is 26.3 Å². The molecule has 0 fully saturated rings. The summed E-state index contributed by atoms with van der Waals surface area (Å²) in [4.78, 5) is 24.7. The summed E-state index contributed by atoms with van der Waals surface area (Å²) in [6, 6.07) is 18.9. The van der Waals surface area contributed by atoms with Gasteiger partial charge < -0.3 is 9.47 Å². The second-order valence-corrected chi connectivity index (χ2v) is 7.23. The fourth-order valence-electron chi connectivity index (χ4n) is 3.55. The van der Waals surface area contributed by atoms with Gasteiger partial charge in [0, 0.05) is 11.1 Å². The number of nitrogens with zero attached hydrogens (tertiary/aromatic N) is 6. The maximum atomic E-state index is 12.4. The number of esters is 2. The molecule has 2 heterocycles. The Kier molecular flexibility index (Phi) is 7.07.